The maximum atomic E-state index is 5.83. The van der Waals surface area contributed by atoms with Gasteiger partial charge in [-0.05, 0) is 44.0 Å². The van der Waals surface area contributed by atoms with E-state index >= 15 is 0 Å². The third kappa shape index (κ3) is 3.71. The molecule has 0 atom stereocenters. The number of pyridine rings is 1. The van der Waals surface area contributed by atoms with Crippen molar-refractivity contribution >= 4 is 5.82 Å². The van der Waals surface area contributed by atoms with Crippen LogP contribution in [0.1, 0.15) is 16.8 Å². The van der Waals surface area contributed by atoms with Crippen LogP contribution in [0.3, 0.4) is 0 Å². The van der Waals surface area contributed by atoms with Gasteiger partial charge in [0.2, 0.25) is 0 Å². The zero-order valence-corrected chi connectivity index (χ0v) is 11.7. The molecule has 2 rings (SSSR count). The molecular weight excluding hydrogens is 236 g/mol. The fourth-order valence-electron chi connectivity index (χ4n) is 2.00. The zero-order chi connectivity index (χ0) is 13.7. The van der Waals surface area contributed by atoms with E-state index < -0.39 is 0 Å². The van der Waals surface area contributed by atoms with Crippen LogP contribution < -0.4 is 10.1 Å². The van der Waals surface area contributed by atoms with Gasteiger partial charge in [-0.15, -0.1) is 0 Å². The van der Waals surface area contributed by atoms with Crippen molar-refractivity contribution in [3.8, 4) is 5.75 Å². The minimum atomic E-state index is 0.626. The molecule has 1 aromatic heterocycles. The van der Waals surface area contributed by atoms with Gasteiger partial charge < -0.3 is 10.1 Å². The average Bonchev–Trinajstić information content (AvgIpc) is 2.37. The number of anilines is 1. The average molecular weight is 256 g/mol. The summed E-state index contributed by atoms with van der Waals surface area (Å²) in [6, 6.07) is 12.1. The van der Waals surface area contributed by atoms with Crippen molar-refractivity contribution in [3.05, 3.63) is 53.2 Å². The van der Waals surface area contributed by atoms with E-state index in [0.29, 0.717) is 6.61 Å². The van der Waals surface area contributed by atoms with Crippen LogP contribution in [-0.2, 0) is 0 Å². The SMILES string of the molecule is Cc1cccc(NCCOc2c(C)cccc2C)n1. The minimum Gasteiger partial charge on any atom is -0.491 e. The van der Waals surface area contributed by atoms with Gasteiger partial charge in [0.15, 0.2) is 0 Å². The second-order valence-electron chi connectivity index (χ2n) is 4.66. The van der Waals surface area contributed by atoms with Crippen molar-refractivity contribution in [1.29, 1.82) is 0 Å². The number of benzene rings is 1. The lowest BCUT2D eigenvalue weighted by molar-refractivity contribution is 0.328. The minimum absolute atomic E-state index is 0.626. The van der Waals surface area contributed by atoms with Gasteiger partial charge in [0.1, 0.15) is 18.2 Å². The van der Waals surface area contributed by atoms with Crippen LogP contribution >= 0.6 is 0 Å². The molecule has 2 aromatic rings. The first-order chi connectivity index (χ1) is 9.16. The molecule has 19 heavy (non-hydrogen) atoms. The van der Waals surface area contributed by atoms with Crippen LogP contribution in [0.15, 0.2) is 36.4 Å². The normalized spacial score (nSPS) is 10.3. The Labute approximate surface area is 114 Å². The number of para-hydroxylation sites is 1. The first-order valence-electron chi connectivity index (χ1n) is 6.53. The third-order valence-corrected chi connectivity index (χ3v) is 2.95. The van der Waals surface area contributed by atoms with E-state index in [4.69, 9.17) is 4.74 Å². The molecular formula is C16H20N2O. The Kier molecular flexibility index (Phi) is 4.39. The molecule has 0 spiro atoms. The van der Waals surface area contributed by atoms with Gasteiger partial charge in [-0.25, -0.2) is 4.98 Å². The van der Waals surface area contributed by atoms with Gasteiger partial charge >= 0.3 is 0 Å². The highest BCUT2D eigenvalue weighted by Crippen LogP contribution is 2.21. The summed E-state index contributed by atoms with van der Waals surface area (Å²) in [6.45, 7) is 7.49. The molecule has 1 N–H and O–H groups in total. The lowest BCUT2D eigenvalue weighted by Crippen LogP contribution is -2.13. The highest BCUT2D eigenvalue weighted by molar-refractivity contribution is 5.40. The molecule has 0 radical (unpaired) electrons. The highest BCUT2D eigenvalue weighted by Gasteiger charge is 2.02. The summed E-state index contributed by atoms with van der Waals surface area (Å²) in [5.41, 5.74) is 3.36. The molecule has 0 bridgehead atoms. The fourth-order valence-corrected chi connectivity index (χ4v) is 2.00. The van der Waals surface area contributed by atoms with Crippen LogP contribution in [0, 0.1) is 20.8 Å². The fraction of sp³-hybridized carbons (Fsp3) is 0.312. The quantitative estimate of drug-likeness (QED) is 0.831. The lowest BCUT2D eigenvalue weighted by atomic mass is 10.1. The Morgan fingerprint density at radius 2 is 1.68 bits per heavy atom. The van der Waals surface area contributed by atoms with Crippen LogP contribution in [0.2, 0.25) is 0 Å². The molecule has 0 saturated carbocycles. The van der Waals surface area contributed by atoms with Crippen molar-refractivity contribution in [2.24, 2.45) is 0 Å². The number of nitrogens with zero attached hydrogens (tertiary/aromatic N) is 1. The number of hydrogen-bond acceptors (Lipinski definition) is 3. The number of rotatable bonds is 5. The molecule has 3 heteroatoms. The van der Waals surface area contributed by atoms with Crippen molar-refractivity contribution < 1.29 is 4.74 Å². The summed E-state index contributed by atoms with van der Waals surface area (Å²) in [6.07, 6.45) is 0. The standard InChI is InChI=1S/C16H20N2O/c1-12-6-4-7-13(2)16(12)19-11-10-17-15-9-5-8-14(3)18-15/h4-9H,10-11H2,1-3H3,(H,17,18). The maximum absolute atomic E-state index is 5.83. The van der Waals surface area contributed by atoms with Crippen molar-refractivity contribution in [2.45, 2.75) is 20.8 Å². The van der Waals surface area contributed by atoms with Crippen LogP contribution in [0.4, 0.5) is 5.82 Å². The Bertz CT molecular complexity index is 532. The molecule has 0 amide bonds. The Balaban J connectivity index is 1.84. The predicted molar refractivity (Wildman–Crippen MR) is 78.9 cm³/mol. The molecule has 1 heterocycles. The van der Waals surface area contributed by atoms with Gasteiger partial charge in [0, 0.05) is 5.69 Å². The summed E-state index contributed by atoms with van der Waals surface area (Å²) in [4.78, 5) is 4.39. The summed E-state index contributed by atoms with van der Waals surface area (Å²) in [5.74, 6) is 1.88. The smallest absolute Gasteiger partial charge is 0.126 e. The largest absolute Gasteiger partial charge is 0.491 e. The van der Waals surface area contributed by atoms with E-state index in [9.17, 15) is 0 Å². The number of aromatic nitrogens is 1. The summed E-state index contributed by atoms with van der Waals surface area (Å²) >= 11 is 0. The van der Waals surface area contributed by atoms with E-state index in [0.717, 1.165) is 23.8 Å². The molecule has 3 nitrogen and oxygen atoms in total. The van der Waals surface area contributed by atoms with Gasteiger partial charge in [-0.3, -0.25) is 0 Å². The zero-order valence-electron chi connectivity index (χ0n) is 11.7. The Hall–Kier alpha value is -2.03. The topological polar surface area (TPSA) is 34.1 Å². The monoisotopic (exact) mass is 256 g/mol. The molecule has 1 aromatic carbocycles. The van der Waals surface area contributed by atoms with Crippen LogP contribution in [0.25, 0.3) is 0 Å². The third-order valence-electron chi connectivity index (χ3n) is 2.95. The number of hydrogen-bond donors (Lipinski definition) is 1. The lowest BCUT2D eigenvalue weighted by Gasteiger charge is -2.12. The van der Waals surface area contributed by atoms with Crippen LogP contribution in [0.5, 0.6) is 5.75 Å². The number of nitrogens with one attached hydrogen (secondary N) is 1. The number of aryl methyl sites for hydroxylation is 3. The molecule has 0 aliphatic carbocycles. The molecule has 100 valence electrons. The first-order valence-corrected chi connectivity index (χ1v) is 6.53. The highest BCUT2D eigenvalue weighted by atomic mass is 16.5. The summed E-state index contributed by atoms with van der Waals surface area (Å²) in [5, 5.41) is 3.26. The van der Waals surface area contributed by atoms with Gasteiger partial charge in [-0.2, -0.15) is 0 Å². The molecule has 0 saturated heterocycles. The van der Waals surface area contributed by atoms with Gasteiger partial charge in [0.05, 0.1) is 6.54 Å². The van der Waals surface area contributed by atoms with Crippen molar-refractivity contribution in [3.63, 3.8) is 0 Å². The molecule has 0 fully saturated rings. The second-order valence-corrected chi connectivity index (χ2v) is 4.66. The second kappa shape index (κ2) is 6.23. The predicted octanol–water partition coefficient (Wildman–Crippen LogP) is 3.50. The first kappa shape index (κ1) is 13.4. The van der Waals surface area contributed by atoms with E-state index in [-0.39, 0.29) is 0 Å². The van der Waals surface area contributed by atoms with Gasteiger partial charge in [-0.1, -0.05) is 24.3 Å². The Morgan fingerprint density at radius 1 is 1.00 bits per heavy atom. The van der Waals surface area contributed by atoms with E-state index in [2.05, 4.69) is 36.3 Å². The summed E-state index contributed by atoms with van der Waals surface area (Å²) in [7, 11) is 0. The van der Waals surface area contributed by atoms with E-state index in [1.54, 1.807) is 0 Å². The van der Waals surface area contributed by atoms with E-state index in [1.165, 1.54) is 11.1 Å². The van der Waals surface area contributed by atoms with Crippen LogP contribution in [-0.4, -0.2) is 18.1 Å². The van der Waals surface area contributed by atoms with E-state index in [1.807, 2.05) is 31.2 Å². The molecule has 0 unspecified atom stereocenters. The van der Waals surface area contributed by atoms with Gasteiger partial charge in [0.25, 0.3) is 0 Å². The Morgan fingerprint density at radius 3 is 2.37 bits per heavy atom. The molecule has 0 aliphatic heterocycles. The maximum Gasteiger partial charge on any atom is 0.126 e. The summed E-state index contributed by atoms with van der Waals surface area (Å²) < 4.78 is 5.83. The van der Waals surface area contributed by atoms with Crippen molar-refractivity contribution in [2.75, 3.05) is 18.5 Å². The number of ether oxygens (including phenoxy) is 1. The van der Waals surface area contributed by atoms with Crippen molar-refractivity contribution in [1.82, 2.24) is 4.98 Å². The molecule has 0 aliphatic rings.